The summed E-state index contributed by atoms with van der Waals surface area (Å²) in [6, 6.07) is 0. The number of rotatable bonds is 0. The van der Waals surface area contributed by atoms with Gasteiger partial charge in [-0.2, -0.15) is 0 Å². The fourth-order valence-corrected chi connectivity index (χ4v) is 0.293. The number of amidine groups is 1. The van der Waals surface area contributed by atoms with Crippen molar-refractivity contribution in [1.29, 1.82) is 0 Å². The molecule has 0 unspecified atom stereocenters. The molecule has 0 aliphatic carbocycles. The van der Waals surface area contributed by atoms with E-state index in [1.54, 1.807) is 0 Å². The Morgan fingerprint density at radius 2 is 2.50 bits per heavy atom. The molecule has 0 saturated carbocycles. The van der Waals surface area contributed by atoms with Gasteiger partial charge in [-0.15, -0.1) is 0 Å². The standard InChI is InChI=1S/C3H5N2O/c6-5-3-1-2-4-3/h6H,1-2H2. The van der Waals surface area contributed by atoms with Crippen molar-refractivity contribution in [2.45, 2.75) is 6.42 Å². The minimum Gasteiger partial charge on any atom is -0.409 e. The number of nitrogens with zero attached hydrogens (tertiary/aromatic N) is 2. The van der Waals surface area contributed by atoms with Gasteiger partial charge in [0.05, 0.1) is 0 Å². The highest BCUT2D eigenvalue weighted by molar-refractivity contribution is 5.86. The molecule has 0 aromatic carbocycles. The molecule has 1 fully saturated rings. The van der Waals surface area contributed by atoms with Crippen LogP contribution in [0.15, 0.2) is 5.16 Å². The second-order valence-corrected chi connectivity index (χ2v) is 1.15. The molecule has 0 bridgehead atoms. The van der Waals surface area contributed by atoms with Gasteiger partial charge in [-0.3, -0.25) is 5.32 Å². The van der Waals surface area contributed by atoms with Crippen molar-refractivity contribution in [1.82, 2.24) is 5.32 Å². The third kappa shape index (κ3) is 0.319. The summed E-state index contributed by atoms with van der Waals surface area (Å²) in [4.78, 5) is 0. The molecule has 0 atom stereocenters. The number of hydrogen-bond donors (Lipinski definition) is 1. The van der Waals surface area contributed by atoms with Crippen LogP contribution in [0, 0.1) is 0 Å². The average molecular weight is 85.1 g/mol. The smallest absolute Gasteiger partial charge is 0.164 e. The van der Waals surface area contributed by atoms with Crippen LogP contribution < -0.4 is 5.32 Å². The Morgan fingerprint density at radius 3 is 2.50 bits per heavy atom. The van der Waals surface area contributed by atoms with Crippen molar-refractivity contribution >= 4 is 5.84 Å². The Balaban J connectivity index is 2.34. The normalized spacial score (nSPS) is 25.7. The van der Waals surface area contributed by atoms with Crippen molar-refractivity contribution in [2.24, 2.45) is 5.16 Å². The van der Waals surface area contributed by atoms with Crippen LogP contribution >= 0.6 is 0 Å². The maximum atomic E-state index is 7.88. The second-order valence-electron chi connectivity index (χ2n) is 1.15. The maximum absolute atomic E-state index is 7.88. The molecular weight excluding hydrogens is 80.0 g/mol. The summed E-state index contributed by atoms with van der Waals surface area (Å²) >= 11 is 0. The van der Waals surface area contributed by atoms with E-state index in [1.807, 2.05) is 0 Å². The Hall–Kier alpha value is -0.730. The second kappa shape index (κ2) is 1.16. The molecule has 0 aromatic rings. The summed E-state index contributed by atoms with van der Waals surface area (Å²) in [7, 11) is 0. The lowest BCUT2D eigenvalue weighted by Crippen LogP contribution is -2.30. The van der Waals surface area contributed by atoms with Gasteiger partial charge in [0, 0.05) is 13.0 Å². The molecule has 3 nitrogen and oxygen atoms in total. The highest BCUT2D eigenvalue weighted by Gasteiger charge is 2.09. The molecule has 1 heterocycles. The van der Waals surface area contributed by atoms with Gasteiger partial charge in [0.1, 0.15) is 0 Å². The molecule has 1 aliphatic heterocycles. The molecule has 6 heavy (non-hydrogen) atoms. The fourth-order valence-electron chi connectivity index (χ4n) is 0.293. The van der Waals surface area contributed by atoms with Crippen molar-refractivity contribution in [3.05, 3.63) is 0 Å². The first-order valence-corrected chi connectivity index (χ1v) is 1.82. The quantitative estimate of drug-likeness (QED) is 0.321. The Bertz CT molecular complexity index is 72.9. The summed E-state index contributed by atoms with van der Waals surface area (Å²) in [6.45, 7) is 0.833. The van der Waals surface area contributed by atoms with E-state index in [1.165, 1.54) is 0 Å². The van der Waals surface area contributed by atoms with Crippen LogP contribution in [0.4, 0.5) is 0 Å². The summed E-state index contributed by atoms with van der Waals surface area (Å²) in [5.74, 6) is 0.579. The molecule has 1 radical (unpaired) electrons. The lowest BCUT2D eigenvalue weighted by atomic mass is 10.3. The van der Waals surface area contributed by atoms with Gasteiger partial charge in [0.15, 0.2) is 5.84 Å². The zero-order valence-electron chi connectivity index (χ0n) is 3.26. The van der Waals surface area contributed by atoms with Crippen molar-refractivity contribution in [3.8, 4) is 0 Å². The molecule has 33 valence electrons. The van der Waals surface area contributed by atoms with E-state index in [0.29, 0.717) is 5.84 Å². The van der Waals surface area contributed by atoms with Crippen LogP contribution in [0.3, 0.4) is 0 Å². The Labute approximate surface area is 35.7 Å². The van der Waals surface area contributed by atoms with E-state index in [0.717, 1.165) is 13.0 Å². The zero-order chi connectivity index (χ0) is 4.41. The first-order chi connectivity index (χ1) is 2.93. The topological polar surface area (TPSA) is 46.7 Å². The predicted octanol–water partition coefficient (Wildman–Crippen LogP) is -0.218. The fraction of sp³-hybridized carbons (Fsp3) is 0.667. The minimum absolute atomic E-state index is 0.579. The summed E-state index contributed by atoms with van der Waals surface area (Å²) in [6.07, 6.45) is 0.844. The first kappa shape index (κ1) is 3.46. The zero-order valence-corrected chi connectivity index (χ0v) is 3.26. The van der Waals surface area contributed by atoms with Gasteiger partial charge < -0.3 is 5.21 Å². The van der Waals surface area contributed by atoms with Crippen LogP contribution in [0.5, 0.6) is 0 Å². The van der Waals surface area contributed by atoms with Gasteiger partial charge in [0.2, 0.25) is 0 Å². The third-order valence-electron chi connectivity index (χ3n) is 0.745. The SMILES string of the molecule is ON=C1CC[N]1. The molecule has 1 aliphatic rings. The molecule has 0 aromatic heterocycles. The van der Waals surface area contributed by atoms with Gasteiger partial charge in [-0.1, -0.05) is 5.16 Å². The lowest BCUT2D eigenvalue weighted by Gasteiger charge is -2.10. The number of oxime groups is 1. The van der Waals surface area contributed by atoms with Gasteiger partial charge in [-0.05, 0) is 0 Å². The van der Waals surface area contributed by atoms with Crippen molar-refractivity contribution in [3.63, 3.8) is 0 Å². The molecule has 1 saturated heterocycles. The molecule has 0 spiro atoms. The van der Waals surface area contributed by atoms with E-state index in [2.05, 4.69) is 10.5 Å². The van der Waals surface area contributed by atoms with Crippen LogP contribution in [-0.4, -0.2) is 17.6 Å². The monoisotopic (exact) mass is 85.0 g/mol. The minimum atomic E-state index is 0.579. The van der Waals surface area contributed by atoms with Crippen molar-refractivity contribution in [2.75, 3.05) is 6.54 Å². The summed E-state index contributed by atoms with van der Waals surface area (Å²) < 4.78 is 0. The molecule has 1 N–H and O–H groups in total. The van der Waals surface area contributed by atoms with Gasteiger partial charge in [-0.25, -0.2) is 0 Å². The van der Waals surface area contributed by atoms with Crippen molar-refractivity contribution < 1.29 is 5.21 Å². The third-order valence-corrected chi connectivity index (χ3v) is 0.745. The molecule has 0 amide bonds. The molecular formula is C3H5N2O. The van der Waals surface area contributed by atoms with E-state index < -0.39 is 0 Å². The van der Waals surface area contributed by atoms with Crippen LogP contribution in [0.2, 0.25) is 0 Å². The van der Waals surface area contributed by atoms with Crippen LogP contribution in [0.1, 0.15) is 6.42 Å². The van der Waals surface area contributed by atoms with Gasteiger partial charge in [0.25, 0.3) is 0 Å². The lowest BCUT2D eigenvalue weighted by molar-refractivity contribution is 0.311. The highest BCUT2D eigenvalue weighted by Crippen LogP contribution is 1.92. The average Bonchev–Trinajstić information content (AvgIpc) is 1.31. The Morgan fingerprint density at radius 1 is 1.83 bits per heavy atom. The Kier molecular flexibility index (Phi) is 0.670. The largest absolute Gasteiger partial charge is 0.409 e. The van der Waals surface area contributed by atoms with E-state index in [9.17, 15) is 0 Å². The van der Waals surface area contributed by atoms with Crippen LogP contribution in [-0.2, 0) is 0 Å². The highest BCUT2D eigenvalue weighted by atomic mass is 16.4. The van der Waals surface area contributed by atoms with E-state index in [-0.39, 0.29) is 0 Å². The number of hydrogen-bond acceptors (Lipinski definition) is 2. The first-order valence-electron chi connectivity index (χ1n) is 1.82. The van der Waals surface area contributed by atoms with Crippen LogP contribution in [0.25, 0.3) is 0 Å². The van der Waals surface area contributed by atoms with E-state index >= 15 is 0 Å². The molecule has 3 heteroatoms. The van der Waals surface area contributed by atoms with Gasteiger partial charge >= 0.3 is 0 Å². The van der Waals surface area contributed by atoms with E-state index in [4.69, 9.17) is 5.21 Å². The summed E-state index contributed by atoms with van der Waals surface area (Å²) in [5, 5.41) is 14.4. The summed E-state index contributed by atoms with van der Waals surface area (Å²) in [5.41, 5.74) is 0. The maximum Gasteiger partial charge on any atom is 0.164 e. The predicted molar refractivity (Wildman–Crippen MR) is 20.8 cm³/mol. The molecule has 1 rings (SSSR count).